The Hall–Kier alpha value is -3.08. The van der Waals surface area contributed by atoms with Crippen LogP contribution in [0.25, 0.3) is 0 Å². The quantitative estimate of drug-likeness (QED) is 0.183. The molecule has 0 saturated carbocycles. The van der Waals surface area contributed by atoms with Gasteiger partial charge in [-0.25, -0.2) is 4.79 Å². The Balaban J connectivity index is 0.00000387. The summed E-state index contributed by atoms with van der Waals surface area (Å²) in [6, 6.07) is 15.1. The van der Waals surface area contributed by atoms with Crippen molar-refractivity contribution < 1.29 is 59.2 Å². The van der Waals surface area contributed by atoms with Crippen molar-refractivity contribution in [3.05, 3.63) is 78.1 Å². The van der Waals surface area contributed by atoms with Crippen molar-refractivity contribution in [1.29, 1.82) is 0 Å². The molecule has 0 radical (unpaired) electrons. The number of halogens is 1. The van der Waals surface area contributed by atoms with Gasteiger partial charge in [-0.1, -0.05) is 12.1 Å². The van der Waals surface area contributed by atoms with Crippen LogP contribution in [-0.2, 0) is 31.2 Å². The number of fused-ring (bicyclic) bond motifs is 2. The fourth-order valence-electron chi connectivity index (χ4n) is 6.34. The summed E-state index contributed by atoms with van der Waals surface area (Å²) in [5, 5.41) is 11.4. The number of hydrogen-bond donors (Lipinski definition) is 1. The molecule has 41 heavy (non-hydrogen) atoms. The zero-order chi connectivity index (χ0) is 28.2. The first kappa shape index (κ1) is 30.9. The number of benzene rings is 1. The molecule has 0 spiro atoms. The van der Waals surface area contributed by atoms with Gasteiger partial charge in [-0.15, -0.1) is 0 Å². The summed E-state index contributed by atoms with van der Waals surface area (Å²) in [5.74, 6) is -0.0666. The number of furan rings is 2. The van der Waals surface area contributed by atoms with Gasteiger partial charge in [0.1, 0.15) is 18.4 Å². The van der Waals surface area contributed by atoms with Crippen LogP contribution in [0.2, 0.25) is 0 Å². The van der Waals surface area contributed by atoms with Gasteiger partial charge in [0.15, 0.2) is 11.5 Å². The van der Waals surface area contributed by atoms with Gasteiger partial charge in [-0.05, 0) is 49.7 Å². The van der Waals surface area contributed by atoms with E-state index in [2.05, 4.69) is 19.2 Å². The summed E-state index contributed by atoms with van der Waals surface area (Å²) in [7, 11) is 2.29. The average molecular weight is 633 g/mol. The lowest BCUT2D eigenvalue weighted by Crippen LogP contribution is -3.00. The molecular weight excluding hydrogens is 594 g/mol. The second-order valence-electron chi connectivity index (χ2n) is 11.0. The Labute approximate surface area is 250 Å². The Morgan fingerprint density at radius 3 is 2.27 bits per heavy atom. The molecule has 1 aromatic carbocycles. The van der Waals surface area contributed by atoms with Crippen LogP contribution >= 0.6 is 0 Å². The molecule has 2 aromatic heterocycles. The summed E-state index contributed by atoms with van der Waals surface area (Å²) in [6.07, 6.45) is 7.01. The maximum absolute atomic E-state index is 13.4. The minimum Gasteiger partial charge on any atom is -1.00 e. The highest BCUT2D eigenvalue weighted by molar-refractivity contribution is 5.83. The molecule has 2 bridgehead atoms. The van der Waals surface area contributed by atoms with Crippen molar-refractivity contribution in [2.75, 3.05) is 20.3 Å². The van der Waals surface area contributed by atoms with Gasteiger partial charge in [0.2, 0.25) is 0 Å². The van der Waals surface area contributed by atoms with E-state index in [9.17, 15) is 14.7 Å². The molecule has 2 aliphatic heterocycles. The fourth-order valence-corrected chi connectivity index (χ4v) is 6.34. The van der Waals surface area contributed by atoms with Crippen molar-refractivity contribution in [1.82, 2.24) is 0 Å². The van der Waals surface area contributed by atoms with Crippen LogP contribution in [0, 0.1) is 0 Å². The molecule has 1 N–H and O–H groups in total. The van der Waals surface area contributed by atoms with Gasteiger partial charge in [0.05, 0.1) is 44.9 Å². The number of hydrogen-bond acceptors (Lipinski definition) is 8. The molecule has 2 saturated heterocycles. The molecule has 4 atom stereocenters. The Morgan fingerprint density at radius 1 is 1.02 bits per heavy atom. The van der Waals surface area contributed by atoms with Gasteiger partial charge >= 0.3 is 11.9 Å². The fraction of sp³-hybridized carbons (Fsp3) is 0.484. The summed E-state index contributed by atoms with van der Waals surface area (Å²) in [4.78, 5) is 24.9. The number of ether oxygens (including phenoxy) is 3. The molecule has 0 aliphatic carbocycles. The summed E-state index contributed by atoms with van der Waals surface area (Å²) >= 11 is 0. The minimum atomic E-state index is -2.14. The van der Waals surface area contributed by atoms with E-state index in [0.717, 1.165) is 42.5 Å². The van der Waals surface area contributed by atoms with Gasteiger partial charge in [0.25, 0.3) is 5.60 Å². The largest absolute Gasteiger partial charge is 1.00 e. The van der Waals surface area contributed by atoms with E-state index < -0.39 is 11.6 Å². The van der Waals surface area contributed by atoms with E-state index in [1.54, 1.807) is 31.2 Å². The number of nitrogens with zero attached hydrogens (tertiary/aromatic N) is 1. The van der Waals surface area contributed by atoms with Crippen molar-refractivity contribution in [3.8, 4) is 5.75 Å². The Morgan fingerprint density at radius 2 is 1.68 bits per heavy atom. The van der Waals surface area contributed by atoms with Gasteiger partial charge in [-0.2, -0.15) is 0 Å². The molecule has 3 aromatic rings. The molecular formula is C31H38BrNO8. The van der Waals surface area contributed by atoms with Crippen LogP contribution in [0.5, 0.6) is 5.75 Å². The lowest BCUT2D eigenvalue weighted by molar-refractivity contribution is -0.961. The Bertz CT molecular complexity index is 1230. The molecule has 9 nitrogen and oxygen atoms in total. The number of rotatable bonds is 12. The first-order chi connectivity index (χ1) is 19.3. The van der Waals surface area contributed by atoms with Crippen molar-refractivity contribution in [3.63, 3.8) is 0 Å². The van der Waals surface area contributed by atoms with Gasteiger partial charge in [-0.3, -0.25) is 4.79 Å². The third-order valence-corrected chi connectivity index (χ3v) is 8.42. The van der Waals surface area contributed by atoms with Gasteiger partial charge in [0, 0.05) is 37.7 Å². The number of quaternary nitrogens is 1. The smallest absolute Gasteiger partial charge is 0.354 e. The number of piperidine rings is 1. The Kier molecular flexibility index (Phi) is 9.99. The number of carbonyl (C=O) groups is 2. The molecule has 222 valence electrons. The first-order valence-corrected chi connectivity index (χ1v) is 14.1. The second-order valence-corrected chi connectivity index (χ2v) is 11.0. The number of aliphatic hydroxyl groups is 1. The van der Waals surface area contributed by atoms with E-state index in [4.69, 9.17) is 23.0 Å². The van der Waals surface area contributed by atoms with Crippen LogP contribution < -0.4 is 21.7 Å². The van der Waals surface area contributed by atoms with E-state index >= 15 is 0 Å². The molecule has 2 aliphatic rings. The first-order valence-electron chi connectivity index (χ1n) is 14.1. The second kappa shape index (κ2) is 13.3. The predicted octanol–water partition coefficient (Wildman–Crippen LogP) is 1.72. The molecule has 2 fully saturated rings. The lowest BCUT2D eigenvalue weighted by Gasteiger charge is -2.47. The zero-order valence-electron chi connectivity index (χ0n) is 23.5. The molecule has 5 rings (SSSR count). The van der Waals surface area contributed by atoms with Crippen LogP contribution in [0.1, 0.15) is 62.5 Å². The van der Waals surface area contributed by atoms with E-state index in [1.807, 2.05) is 12.1 Å². The standard InChI is InChI=1S/C31H38NO8.BrH/c1-3-36-29(33)12-7-15-37-25-9-4-8-22(18-25)21-32(2)23-13-14-24(32)20-26(19-23)40-30(34)31(35,27-10-5-16-38-27)28-11-6-17-39-28;/h4-6,8-11,16-18,23-24,26,35H,3,7,12-15,19-21H2,1-2H3;1H/q+1;/p-1/t23-,24+,26?,32?;. The molecule has 10 heteroatoms. The maximum Gasteiger partial charge on any atom is 0.354 e. The summed E-state index contributed by atoms with van der Waals surface area (Å²) in [6.45, 7) is 3.49. The van der Waals surface area contributed by atoms with Crippen molar-refractivity contribution in [2.24, 2.45) is 0 Å². The highest BCUT2D eigenvalue weighted by atomic mass is 79.9. The van der Waals surface area contributed by atoms with Crippen LogP contribution in [-0.4, -0.2) is 60.0 Å². The van der Waals surface area contributed by atoms with E-state index in [1.165, 1.54) is 18.1 Å². The van der Waals surface area contributed by atoms with Crippen LogP contribution in [0.15, 0.2) is 69.9 Å². The highest BCUT2D eigenvalue weighted by Crippen LogP contribution is 2.44. The third kappa shape index (κ3) is 6.55. The number of esters is 2. The topological polar surface area (TPSA) is 108 Å². The molecule has 2 unspecified atom stereocenters. The zero-order valence-corrected chi connectivity index (χ0v) is 25.1. The SMILES string of the molecule is CCOC(=O)CCCOc1cccc(C[N+]2(C)[C@@H]3CC[C@H]2CC(OC(=O)C(O)(c2ccco2)c2ccco2)C3)c1.[Br-]. The maximum atomic E-state index is 13.4. The molecule has 0 amide bonds. The summed E-state index contributed by atoms with van der Waals surface area (Å²) < 4.78 is 28.5. The number of carbonyl (C=O) groups excluding carboxylic acids is 2. The third-order valence-electron chi connectivity index (χ3n) is 8.42. The van der Waals surface area contributed by atoms with E-state index in [0.29, 0.717) is 38.1 Å². The van der Waals surface area contributed by atoms with Crippen molar-refractivity contribution >= 4 is 11.9 Å². The predicted molar refractivity (Wildman–Crippen MR) is 144 cm³/mol. The summed E-state index contributed by atoms with van der Waals surface area (Å²) in [5.41, 5.74) is -0.957. The van der Waals surface area contributed by atoms with Crippen molar-refractivity contribution in [2.45, 2.75) is 75.8 Å². The molecule has 4 heterocycles. The van der Waals surface area contributed by atoms with Crippen LogP contribution in [0.3, 0.4) is 0 Å². The average Bonchev–Trinajstić information content (AvgIpc) is 3.69. The van der Waals surface area contributed by atoms with Crippen LogP contribution in [0.4, 0.5) is 0 Å². The monoisotopic (exact) mass is 631 g/mol. The van der Waals surface area contributed by atoms with E-state index in [-0.39, 0.29) is 40.6 Å². The minimum absolute atomic E-state index is 0. The highest BCUT2D eigenvalue weighted by Gasteiger charge is 2.54. The van der Waals surface area contributed by atoms with Gasteiger partial charge < -0.3 is 49.6 Å². The lowest BCUT2D eigenvalue weighted by atomic mass is 9.94. The normalized spacial score (nSPS) is 23.4.